The number of halogens is 1. The number of rotatable bonds is 7. The summed E-state index contributed by atoms with van der Waals surface area (Å²) in [6, 6.07) is 6.35. The van der Waals surface area contributed by atoms with Crippen molar-refractivity contribution in [1.82, 2.24) is 20.5 Å². The van der Waals surface area contributed by atoms with Crippen LogP contribution in [0.3, 0.4) is 0 Å². The van der Waals surface area contributed by atoms with Crippen molar-refractivity contribution in [3.05, 3.63) is 41.1 Å². The van der Waals surface area contributed by atoms with Gasteiger partial charge in [-0.05, 0) is 38.0 Å². The number of aromatic nitrogens is 1. The zero-order chi connectivity index (χ0) is 20.8. The number of oxazole rings is 1. The first kappa shape index (κ1) is 24.3. The third-order valence-electron chi connectivity index (χ3n) is 5.13. The molecule has 2 N–H and O–H groups in total. The zero-order valence-electron chi connectivity index (χ0n) is 18.3. The molecule has 8 nitrogen and oxygen atoms in total. The summed E-state index contributed by atoms with van der Waals surface area (Å²) in [5.41, 5.74) is 2.10. The second-order valence-electron chi connectivity index (χ2n) is 7.26. The first-order valence-electron chi connectivity index (χ1n) is 9.85. The Morgan fingerprint density at radius 1 is 1.23 bits per heavy atom. The van der Waals surface area contributed by atoms with E-state index in [0.29, 0.717) is 18.5 Å². The lowest BCUT2D eigenvalue weighted by atomic mass is 10.2. The summed E-state index contributed by atoms with van der Waals surface area (Å²) >= 11 is 0. The maximum absolute atomic E-state index is 5.62. The standard InChI is InChI=1S/C21H31N5O3.HI/c1-14-15(2)29-20(24-14)11-23-21(22-3)25-17-6-7-26(13-17)12-16-8-18(27-4)10-19(9-16)28-5;/h8-10,17H,6-7,11-13H2,1-5H3,(H2,22,23,25);1H. The number of ether oxygens (including phenoxy) is 2. The molecule has 1 unspecified atom stereocenters. The van der Waals surface area contributed by atoms with Gasteiger partial charge < -0.3 is 24.5 Å². The predicted molar refractivity (Wildman–Crippen MR) is 128 cm³/mol. The molecule has 1 fully saturated rings. The van der Waals surface area contributed by atoms with Gasteiger partial charge in [0.2, 0.25) is 5.89 Å². The van der Waals surface area contributed by atoms with Gasteiger partial charge in [0.15, 0.2) is 5.96 Å². The number of likely N-dealkylation sites (tertiary alicyclic amines) is 1. The second kappa shape index (κ2) is 11.4. The lowest BCUT2D eigenvalue weighted by Crippen LogP contribution is -2.44. The summed E-state index contributed by atoms with van der Waals surface area (Å²) in [7, 11) is 5.12. The van der Waals surface area contributed by atoms with Crippen LogP contribution in [0.25, 0.3) is 0 Å². The van der Waals surface area contributed by atoms with Crippen LogP contribution in [0.15, 0.2) is 27.6 Å². The number of benzene rings is 1. The van der Waals surface area contributed by atoms with Gasteiger partial charge >= 0.3 is 0 Å². The average molecular weight is 529 g/mol. The van der Waals surface area contributed by atoms with Crippen LogP contribution in [-0.2, 0) is 13.1 Å². The molecule has 1 aliphatic heterocycles. The highest BCUT2D eigenvalue weighted by atomic mass is 127. The van der Waals surface area contributed by atoms with E-state index in [1.54, 1.807) is 21.3 Å². The molecule has 0 saturated carbocycles. The molecule has 1 aromatic carbocycles. The minimum Gasteiger partial charge on any atom is -0.497 e. The van der Waals surface area contributed by atoms with Crippen molar-refractivity contribution in [2.75, 3.05) is 34.4 Å². The van der Waals surface area contributed by atoms with Gasteiger partial charge in [0.05, 0.1) is 26.5 Å². The molecule has 1 aliphatic rings. The summed E-state index contributed by atoms with van der Waals surface area (Å²) in [5.74, 6) is 3.91. The quantitative estimate of drug-likeness (QED) is 0.324. The molecule has 1 saturated heterocycles. The summed E-state index contributed by atoms with van der Waals surface area (Å²) in [6.45, 7) is 7.19. The van der Waals surface area contributed by atoms with E-state index in [0.717, 1.165) is 55.0 Å². The molecule has 9 heteroatoms. The van der Waals surface area contributed by atoms with Gasteiger partial charge in [-0.1, -0.05) is 0 Å². The van der Waals surface area contributed by atoms with Crippen LogP contribution < -0.4 is 20.1 Å². The van der Waals surface area contributed by atoms with Crippen molar-refractivity contribution >= 4 is 29.9 Å². The van der Waals surface area contributed by atoms with E-state index in [9.17, 15) is 0 Å². The summed E-state index contributed by atoms with van der Waals surface area (Å²) in [5, 5.41) is 6.78. The Kier molecular flexibility index (Phi) is 9.22. The molecule has 0 radical (unpaired) electrons. The van der Waals surface area contributed by atoms with Crippen molar-refractivity contribution in [2.45, 2.75) is 39.4 Å². The number of hydrogen-bond acceptors (Lipinski definition) is 6. The summed E-state index contributed by atoms with van der Waals surface area (Å²) in [6.07, 6.45) is 1.05. The lowest BCUT2D eigenvalue weighted by Gasteiger charge is -2.19. The van der Waals surface area contributed by atoms with Crippen molar-refractivity contribution < 1.29 is 13.9 Å². The molecular formula is C21H32IN5O3. The third kappa shape index (κ3) is 6.49. The minimum absolute atomic E-state index is 0. The molecule has 0 bridgehead atoms. The Morgan fingerprint density at radius 2 is 1.93 bits per heavy atom. The van der Waals surface area contributed by atoms with Crippen molar-refractivity contribution in [3.8, 4) is 11.5 Å². The van der Waals surface area contributed by atoms with Crippen molar-refractivity contribution in [2.24, 2.45) is 4.99 Å². The summed E-state index contributed by atoms with van der Waals surface area (Å²) < 4.78 is 16.4. The van der Waals surface area contributed by atoms with E-state index in [2.05, 4.69) is 37.6 Å². The van der Waals surface area contributed by atoms with E-state index >= 15 is 0 Å². The Hall–Kier alpha value is -2.01. The van der Waals surface area contributed by atoms with Crippen LogP contribution in [0, 0.1) is 13.8 Å². The molecule has 0 aliphatic carbocycles. The van der Waals surface area contributed by atoms with E-state index in [4.69, 9.17) is 13.9 Å². The molecule has 2 aromatic rings. The highest BCUT2D eigenvalue weighted by molar-refractivity contribution is 14.0. The minimum atomic E-state index is 0. The number of nitrogens with one attached hydrogen (secondary N) is 2. The highest BCUT2D eigenvalue weighted by Gasteiger charge is 2.23. The predicted octanol–water partition coefficient (Wildman–Crippen LogP) is 2.87. The first-order chi connectivity index (χ1) is 14.0. The van der Waals surface area contributed by atoms with E-state index in [1.807, 2.05) is 19.9 Å². The van der Waals surface area contributed by atoms with Gasteiger partial charge in [0.25, 0.3) is 0 Å². The zero-order valence-corrected chi connectivity index (χ0v) is 20.6. The maximum atomic E-state index is 5.62. The monoisotopic (exact) mass is 529 g/mol. The Balaban J connectivity index is 0.00000320. The molecule has 166 valence electrons. The highest BCUT2D eigenvalue weighted by Crippen LogP contribution is 2.24. The van der Waals surface area contributed by atoms with Gasteiger partial charge in [-0.2, -0.15) is 0 Å². The molecular weight excluding hydrogens is 497 g/mol. The van der Waals surface area contributed by atoms with Gasteiger partial charge in [0, 0.05) is 38.8 Å². The van der Waals surface area contributed by atoms with Crippen molar-refractivity contribution in [3.63, 3.8) is 0 Å². The van der Waals surface area contributed by atoms with E-state index < -0.39 is 0 Å². The van der Waals surface area contributed by atoms with Crippen molar-refractivity contribution in [1.29, 1.82) is 0 Å². The van der Waals surface area contributed by atoms with E-state index in [1.165, 1.54) is 5.56 Å². The van der Waals surface area contributed by atoms with Gasteiger partial charge in [0.1, 0.15) is 17.3 Å². The van der Waals surface area contributed by atoms with Gasteiger partial charge in [-0.25, -0.2) is 4.98 Å². The van der Waals surface area contributed by atoms with Gasteiger partial charge in [-0.3, -0.25) is 9.89 Å². The first-order valence-corrected chi connectivity index (χ1v) is 9.85. The van der Waals surface area contributed by atoms with Gasteiger partial charge in [-0.15, -0.1) is 24.0 Å². The topological polar surface area (TPSA) is 84.2 Å². The summed E-state index contributed by atoms with van der Waals surface area (Å²) in [4.78, 5) is 11.1. The smallest absolute Gasteiger partial charge is 0.214 e. The molecule has 30 heavy (non-hydrogen) atoms. The number of guanidine groups is 1. The Morgan fingerprint density at radius 3 is 2.50 bits per heavy atom. The Bertz CT molecular complexity index is 813. The largest absolute Gasteiger partial charge is 0.497 e. The molecule has 1 aromatic heterocycles. The normalized spacial score (nSPS) is 16.8. The Labute approximate surface area is 195 Å². The second-order valence-corrected chi connectivity index (χ2v) is 7.26. The maximum Gasteiger partial charge on any atom is 0.214 e. The fourth-order valence-electron chi connectivity index (χ4n) is 3.47. The fraction of sp³-hybridized carbons (Fsp3) is 0.524. The number of aliphatic imine (C=N–C) groups is 1. The molecule has 0 amide bonds. The number of aryl methyl sites for hydroxylation is 2. The molecule has 1 atom stereocenters. The van der Waals surface area contributed by atoms with Crippen LogP contribution in [-0.4, -0.2) is 56.2 Å². The van der Waals surface area contributed by atoms with Crippen LogP contribution in [0.5, 0.6) is 11.5 Å². The third-order valence-corrected chi connectivity index (χ3v) is 5.13. The average Bonchev–Trinajstić information content (AvgIpc) is 3.30. The number of hydrogen-bond donors (Lipinski definition) is 2. The number of methoxy groups -OCH3 is 2. The lowest BCUT2D eigenvalue weighted by molar-refractivity contribution is 0.321. The molecule has 2 heterocycles. The van der Waals surface area contributed by atoms with Crippen LogP contribution in [0.2, 0.25) is 0 Å². The SMILES string of the molecule is CN=C(NCc1nc(C)c(C)o1)NC1CCN(Cc2cc(OC)cc(OC)c2)C1.I. The van der Waals surface area contributed by atoms with Crippen LogP contribution in [0.1, 0.15) is 29.3 Å². The number of nitrogens with zero attached hydrogens (tertiary/aromatic N) is 3. The van der Waals surface area contributed by atoms with E-state index in [-0.39, 0.29) is 24.0 Å². The molecule has 3 rings (SSSR count). The van der Waals surface area contributed by atoms with Crippen LogP contribution in [0.4, 0.5) is 0 Å². The van der Waals surface area contributed by atoms with Crippen LogP contribution >= 0.6 is 24.0 Å². The fourth-order valence-corrected chi connectivity index (χ4v) is 3.47. The molecule has 0 spiro atoms.